The highest BCUT2D eigenvalue weighted by Crippen LogP contribution is 2.24. The molecule has 14 heavy (non-hydrogen) atoms. The summed E-state index contributed by atoms with van der Waals surface area (Å²) in [6.45, 7) is 3.31. The average molecular weight is 195 g/mol. The van der Waals surface area contributed by atoms with E-state index < -0.39 is 0 Å². The van der Waals surface area contributed by atoms with Crippen molar-refractivity contribution in [3.63, 3.8) is 0 Å². The fourth-order valence-corrected chi connectivity index (χ4v) is 1.87. The van der Waals surface area contributed by atoms with Crippen LogP contribution < -0.4 is 11.1 Å². The molecule has 0 amide bonds. The molecule has 0 saturated carbocycles. The second-order valence-corrected chi connectivity index (χ2v) is 4.09. The summed E-state index contributed by atoms with van der Waals surface area (Å²) >= 11 is 0. The molecule has 1 aromatic heterocycles. The van der Waals surface area contributed by atoms with Crippen LogP contribution in [0, 0.1) is 5.92 Å². The fourth-order valence-electron chi connectivity index (χ4n) is 1.87. The highest BCUT2D eigenvalue weighted by Gasteiger charge is 2.23. The van der Waals surface area contributed by atoms with Crippen molar-refractivity contribution in [2.45, 2.75) is 25.8 Å². The Labute approximate surface area is 83.7 Å². The lowest BCUT2D eigenvalue weighted by atomic mass is 9.94. The van der Waals surface area contributed by atoms with Gasteiger partial charge in [0.2, 0.25) is 5.95 Å². The molecule has 0 bridgehead atoms. The zero-order valence-electron chi connectivity index (χ0n) is 8.70. The van der Waals surface area contributed by atoms with Crippen LogP contribution in [0.2, 0.25) is 0 Å². The molecule has 2 heterocycles. The van der Waals surface area contributed by atoms with Gasteiger partial charge in [-0.2, -0.15) is 10.1 Å². The molecular formula is C9H17N5. The Hall–Kier alpha value is -1.10. The van der Waals surface area contributed by atoms with Crippen LogP contribution >= 0.6 is 0 Å². The van der Waals surface area contributed by atoms with E-state index in [1.54, 1.807) is 4.68 Å². The zero-order chi connectivity index (χ0) is 10.1. The Morgan fingerprint density at radius 1 is 1.57 bits per heavy atom. The molecular weight excluding hydrogens is 178 g/mol. The Morgan fingerprint density at radius 2 is 2.36 bits per heavy atom. The second kappa shape index (κ2) is 3.57. The third-order valence-corrected chi connectivity index (χ3v) is 2.79. The van der Waals surface area contributed by atoms with Crippen LogP contribution in [0.5, 0.6) is 0 Å². The van der Waals surface area contributed by atoms with Gasteiger partial charge in [-0.3, -0.25) is 0 Å². The van der Waals surface area contributed by atoms with Gasteiger partial charge in [-0.1, -0.05) is 6.92 Å². The van der Waals surface area contributed by atoms with Crippen molar-refractivity contribution in [3.05, 3.63) is 5.82 Å². The molecule has 1 fully saturated rings. The molecule has 5 heteroatoms. The van der Waals surface area contributed by atoms with Crippen LogP contribution in [0.15, 0.2) is 0 Å². The Kier molecular flexibility index (Phi) is 2.41. The third kappa shape index (κ3) is 1.72. The molecule has 78 valence electrons. The van der Waals surface area contributed by atoms with Crippen molar-refractivity contribution in [3.8, 4) is 0 Å². The largest absolute Gasteiger partial charge is 0.368 e. The monoisotopic (exact) mass is 195 g/mol. The van der Waals surface area contributed by atoms with Crippen LogP contribution in [-0.2, 0) is 7.05 Å². The number of anilines is 1. The van der Waals surface area contributed by atoms with Gasteiger partial charge in [0, 0.05) is 7.05 Å². The maximum atomic E-state index is 5.64. The lowest BCUT2D eigenvalue weighted by Crippen LogP contribution is -2.31. The molecule has 3 N–H and O–H groups in total. The van der Waals surface area contributed by atoms with E-state index in [0.29, 0.717) is 5.95 Å². The van der Waals surface area contributed by atoms with Crippen molar-refractivity contribution >= 4 is 5.95 Å². The summed E-state index contributed by atoms with van der Waals surface area (Å²) in [5.74, 6) is 2.06. The molecule has 1 aliphatic heterocycles. The minimum atomic E-state index is 0.280. The summed E-state index contributed by atoms with van der Waals surface area (Å²) in [4.78, 5) is 4.24. The number of hydrogen-bond donors (Lipinski definition) is 2. The smallest absolute Gasteiger partial charge is 0.218 e. The van der Waals surface area contributed by atoms with E-state index in [0.717, 1.165) is 24.7 Å². The molecule has 0 spiro atoms. The van der Waals surface area contributed by atoms with Gasteiger partial charge in [0.15, 0.2) is 5.82 Å². The SMILES string of the molecule is CC1CCNC(c2nc(N)n(C)n2)C1. The van der Waals surface area contributed by atoms with E-state index in [1.807, 2.05) is 7.05 Å². The standard InChI is InChI=1S/C9H17N5/c1-6-3-4-11-7(5-6)8-12-9(10)14(2)13-8/h6-7,11H,3-5H2,1-2H3,(H2,10,12,13). The molecule has 2 atom stereocenters. The number of hydrogen-bond acceptors (Lipinski definition) is 4. The molecule has 0 aliphatic carbocycles. The molecule has 0 radical (unpaired) electrons. The van der Waals surface area contributed by atoms with Crippen molar-refractivity contribution in [2.24, 2.45) is 13.0 Å². The van der Waals surface area contributed by atoms with Gasteiger partial charge >= 0.3 is 0 Å². The summed E-state index contributed by atoms with van der Waals surface area (Å²) in [5, 5.41) is 7.70. The molecule has 1 aromatic rings. The minimum absolute atomic E-state index is 0.280. The maximum Gasteiger partial charge on any atom is 0.218 e. The Balaban J connectivity index is 2.14. The number of aromatic nitrogens is 3. The first-order valence-electron chi connectivity index (χ1n) is 5.06. The molecule has 2 unspecified atom stereocenters. The average Bonchev–Trinajstić information content (AvgIpc) is 2.47. The number of nitrogens with one attached hydrogen (secondary N) is 1. The van der Waals surface area contributed by atoms with Crippen LogP contribution in [0.25, 0.3) is 0 Å². The Morgan fingerprint density at radius 3 is 2.93 bits per heavy atom. The highest BCUT2D eigenvalue weighted by molar-refractivity contribution is 5.17. The van der Waals surface area contributed by atoms with Gasteiger partial charge in [-0.05, 0) is 25.3 Å². The number of nitrogens with two attached hydrogens (primary N) is 1. The molecule has 1 aliphatic rings. The predicted octanol–water partition coefficient (Wildman–Crippen LogP) is 0.458. The van der Waals surface area contributed by atoms with Gasteiger partial charge in [-0.25, -0.2) is 4.68 Å². The molecule has 0 aromatic carbocycles. The van der Waals surface area contributed by atoms with E-state index in [4.69, 9.17) is 5.73 Å². The van der Waals surface area contributed by atoms with Crippen LogP contribution in [0.1, 0.15) is 31.6 Å². The van der Waals surface area contributed by atoms with E-state index in [9.17, 15) is 0 Å². The van der Waals surface area contributed by atoms with Gasteiger partial charge in [0.25, 0.3) is 0 Å². The highest BCUT2D eigenvalue weighted by atomic mass is 15.4. The number of nitrogens with zero attached hydrogens (tertiary/aromatic N) is 3. The first kappa shape index (κ1) is 9.45. The lowest BCUT2D eigenvalue weighted by Gasteiger charge is -2.25. The maximum absolute atomic E-state index is 5.64. The lowest BCUT2D eigenvalue weighted by molar-refractivity contribution is 0.315. The van der Waals surface area contributed by atoms with Crippen molar-refractivity contribution in [1.82, 2.24) is 20.1 Å². The van der Waals surface area contributed by atoms with E-state index in [-0.39, 0.29) is 6.04 Å². The van der Waals surface area contributed by atoms with Crippen LogP contribution in [0.3, 0.4) is 0 Å². The summed E-state index contributed by atoms with van der Waals surface area (Å²) in [6, 6.07) is 0.280. The van der Waals surface area contributed by atoms with E-state index in [1.165, 1.54) is 6.42 Å². The van der Waals surface area contributed by atoms with E-state index >= 15 is 0 Å². The molecule has 1 saturated heterocycles. The van der Waals surface area contributed by atoms with Gasteiger partial charge in [0.1, 0.15) is 0 Å². The first-order valence-corrected chi connectivity index (χ1v) is 5.06. The van der Waals surface area contributed by atoms with Gasteiger partial charge < -0.3 is 11.1 Å². The third-order valence-electron chi connectivity index (χ3n) is 2.79. The van der Waals surface area contributed by atoms with Crippen molar-refractivity contribution < 1.29 is 0 Å². The fraction of sp³-hybridized carbons (Fsp3) is 0.778. The normalized spacial score (nSPS) is 27.9. The van der Waals surface area contributed by atoms with E-state index in [2.05, 4.69) is 22.3 Å². The summed E-state index contributed by atoms with van der Waals surface area (Å²) in [7, 11) is 1.82. The summed E-state index contributed by atoms with van der Waals surface area (Å²) in [5.41, 5.74) is 5.64. The number of rotatable bonds is 1. The zero-order valence-corrected chi connectivity index (χ0v) is 8.70. The molecule has 2 rings (SSSR count). The number of aryl methyl sites for hydroxylation is 1. The van der Waals surface area contributed by atoms with Crippen molar-refractivity contribution in [2.75, 3.05) is 12.3 Å². The Bertz CT molecular complexity index is 300. The topological polar surface area (TPSA) is 68.8 Å². The van der Waals surface area contributed by atoms with Gasteiger partial charge in [-0.15, -0.1) is 0 Å². The molecule has 5 nitrogen and oxygen atoms in total. The first-order chi connectivity index (χ1) is 6.66. The van der Waals surface area contributed by atoms with Crippen LogP contribution in [-0.4, -0.2) is 21.3 Å². The predicted molar refractivity (Wildman–Crippen MR) is 54.6 cm³/mol. The van der Waals surface area contributed by atoms with Crippen molar-refractivity contribution in [1.29, 1.82) is 0 Å². The quantitative estimate of drug-likeness (QED) is 0.683. The number of nitrogen functional groups attached to an aromatic ring is 1. The summed E-state index contributed by atoms with van der Waals surface area (Å²) < 4.78 is 1.62. The summed E-state index contributed by atoms with van der Waals surface area (Å²) in [6.07, 6.45) is 2.34. The van der Waals surface area contributed by atoms with Gasteiger partial charge in [0.05, 0.1) is 6.04 Å². The number of piperidine rings is 1. The van der Waals surface area contributed by atoms with Crippen LogP contribution in [0.4, 0.5) is 5.95 Å². The minimum Gasteiger partial charge on any atom is -0.368 e. The second-order valence-electron chi connectivity index (χ2n) is 4.09.